The van der Waals surface area contributed by atoms with E-state index in [0.717, 1.165) is 0 Å². The van der Waals surface area contributed by atoms with Crippen LogP contribution in [0.1, 0.15) is 25.3 Å². The lowest BCUT2D eigenvalue weighted by molar-refractivity contribution is -0.125. The Morgan fingerprint density at radius 3 is 2.11 bits per heavy atom. The molecule has 7 nitrogen and oxygen atoms in total. The zero-order valence-corrected chi connectivity index (χ0v) is 16.6. The molecule has 0 unspecified atom stereocenters. The Kier molecular flexibility index (Phi) is 7.83. The maximum atomic E-state index is 12.0. The molecule has 0 saturated carbocycles. The van der Waals surface area contributed by atoms with Gasteiger partial charge in [-0.3, -0.25) is 9.59 Å². The molecule has 0 saturated heterocycles. The molecule has 7 heteroatoms. The quantitative estimate of drug-likeness (QED) is 0.690. The second-order valence-corrected chi connectivity index (χ2v) is 6.43. The van der Waals surface area contributed by atoms with Gasteiger partial charge < -0.3 is 24.8 Å². The largest absolute Gasteiger partial charge is 0.497 e. The van der Waals surface area contributed by atoms with E-state index in [1.165, 1.54) is 12.7 Å². The Labute approximate surface area is 165 Å². The molecule has 2 aromatic rings. The van der Waals surface area contributed by atoms with E-state index in [1.54, 1.807) is 25.3 Å². The first-order valence-electron chi connectivity index (χ1n) is 8.92. The van der Waals surface area contributed by atoms with Crippen molar-refractivity contribution >= 4 is 23.2 Å². The summed E-state index contributed by atoms with van der Waals surface area (Å²) in [6, 6.07) is 12.7. The van der Waals surface area contributed by atoms with Crippen molar-refractivity contribution in [3.63, 3.8) is 0 Å². The van der Waals surface area contributed by atoms with Crippen LogP contribution in [0.2, 0.25) is 0 Å². The molecule has 0 atom stereocenters. The summed E-state index contributed by atoms with van der Waals surface area (Å²) in [4.78, 5) is 24.0. The number of carbonyl (C=O) groups excluding carboxylic acids is 2. The summed E-state index contributed by atoms with van der Waals surface area (Å²) in [6.07, 6.45) is 0. The molecule has 0 bridgehead atoms. The van der Waals surface area contributed by atoms with Gasteiger partial charge in [-0.2, -0.15) is 0 Å². The minimum Gasteiger partial charge on any atom is -0.497 e. The Morgan fingerprint density at radius 2 is 1.54 bits per heavy atom. The minimum absolute atomic E-state index is 0.223. The maximum absolute atomic E-state index is 12.0. The lowest BCUT2D eigenvalue weighted by Crippen LogP contribution is -2.24. The number of methoxy groups -OCH3 is 2. The van der Waals surface area contributed by atoms with Crippen LogP contribution in [0, 0.1) is 0 Å². The Bertz CT molecular complexity index is 803. The second-order valence-electron chi connectivity index (χ2n) is 6.43. The first-order chi connectivity index (χ1) is 13.4. The molecule has 2 N–H and O–H groups in total. The summed E-state index contributed by atoms with van der Waals surface area (Å²) < 4.78 is 15.5. The molecule has 0 aliphatic heterocycles. The number of benzene rings is 2. The summed E-state index contributed by atoms with van der Waals surface area (Å²) in [5.74, 6) is 0.792. The van der Waals surface area contributed by atoms with Crippen LogP contribution in [0.5, 0.6) is 11.5 Å². The van der Waals surface area contributed by atoms with E-state index in [4.69, 9.17) is 14.2 Å². The van der Waals surface area contributed by atoms with E-state index in [0.29, 0.717) is 28.8 Å². The van der Waals surface area contributed by atoms with Crippen molar-refractivity contribution in [2.75, 3.05) is 38.1 Å². The Morgan fingerprint density at radius 1 is 0.893 bits per heavy atom. The smallest absolute Gasteiger partial charge is 0.250 e. The van der Waals surface area contributed by atoms with Gasteiger partial charge >= 0.3 is 0 Å². The van der Waals surface area contributed by atoms with Crippen molar-refractivity contribution in [2.24, 2.45) is 0 Å². The zero-order chi connectivity index (χ0) is 20.5. The van der Waals surface area contributed by atoms with Gasteiger partial charge in [0.1, 0.15) is 24.7 Å². The van der Waals surface area contributed by atoms with Gasteiger partial charge in [-0.15, -0.1) is 0 Å². The summed E-state index contributed by atoms with van der Waals surface area (Å²) >= 11 is 0. The van der Waals surface area contributed by atoms with Crippen molar-refractivity contribution in [3.05, 3.63) is 48.0 Å². The standard InChI is InChI=1S/C21H26N2O5/c1-14(2)15-5-7-16(8-6-15)22-20(24)12-28-13-21(25)23-18-10-9-17(26-3)11-19(18)27-4/h5-11,14H,12-13H2,1-4H3,(H,22,24)(H,23,25). The fraction of sp³-hybridized carbons (Fsp3) is 0.333. The number of rotatable bonds is 9. The van der Waals surface area contributed by atoms with Crippen molar-refractivity contribution in [1.29, 1.82) is 0 Å². The van der Waals surface area contributed by atoms with Crippen molar-refractivity contribution in [2.45, 2.75) is 19.8 Å². The zero-order valence-electron chi connectivity index (χ0n) is 16.6. The minimum atomic E-state index is -0.391. The number of carbonyl (C=O) groups is 2. The van der Waals surface area contributed by atoms with Crippen LogP contribution >= 0.6 is 0 Å². The van der Waals surface area contributed by atoms with Crippen molar-refractivity contribution in [3.8, 4) is 11.5 Å². The molecule has 2 amide bonds. The molecule has 0 aromatic heterocycles. The fourth-order valence-electron chi connectivity index (χ4n) is 2.47. The van der Waals surface area contributed by atoms with E-state index in [2.05, 4.69) is 24.5 Å². The third-order valence-electron chi connectivity index (χ3n) is 4.01. The summed E-state index contributed by atoms with van der Waals surface area (Å²) in [5, 5.41) is 5.41. The molecule has 150 valence electrons. The third-order valence-corrected chi connectivity index (χ3v) is 4.01. The highest BCUT2D eigenvalue weighted by Gasteiger charge is 2.10. The number of anilines is 2. The predicted molar refractivity (Wildman–Crippen MR) is 108 cm³/mol. The number of hydrogen-bond acceptors (Lipinski definition) is 5. The normalized spacial score (nSPS) is 10.5. The highest BCUT2D eigenvalue weighted by atomic mass is 16.5. The molecule has 0 heterocycles. The molecule has 0 spiro atoms. The van der Waals surface area contributed by atoms with Gasteiger partial charge in [0.05, 0.1) is 19.9 Å². The maximum Gasteiger partial charge on any atom is 0.250 e. The number of amides is 2. The summed E-state index contributed by atoms with van der Waals surface area (Å²) in [6.45, 7) is 3.73. The molecular weight excluding hydrogens is 360 g/mol. The average Bonchev–Trinajstić information content (AvgIpc) is 2.68. The van der Waals surface area contributed by atoms with E-state index >= 15 is 0 Å². The monoisotopic (exact) mass is 386 g/mol. The Hall–Kier alpha value is -3.06. The number of nitrogens with one attached hydrogen (secondary N) is 2. The van der Waals surface area contributed by atoms with E-state index < -0.39 is 5.91 Å². The topological polar surface area (TPSA) is 85.9 Å². The van der Waals surface area contributed by atoms with Gasteiger partial charge in [0.15, 0.2) is 0 Å². The van der Waals surface area contributed by atoms with Gasteiger partial charge in [0.25, 0.3) is 0 Å². The highest BCUT2D eigenvalue weighted by Crippen LogP contribution is 2.28. The number of ether oxygens (including phenoxy) is 3. The van der Waals surface area contributed by atoms with Crippen molar-refractivity contribution < 1.29 is 23.8 Å². The van der Waals surface area contributed by atoms with E-state index in [1.807, 2.05) is 24.3 Å². The van der Waals surface area contributed by atoms with Gasteiger partial charge in [0, 0.05) is 11.8 Å². The Balaban J connectivity index is 1.78. The molecular formula is C21H26N2O5. The van der Waals surface area contributed by atoms with Crippen LogP contribution in [-0.4, -0.2) is 39.2 Å². The van der Waals surface area contributed by atoms with E-state index in [9.17, 15) is 9.59 Å². The van der Waals surface area contributed by atoms with Crippen LogP contribution in [0.25, 0.3) is 0 Å². The lowest BCUT2D eigenvalue weighted by Gasteiger charge is -2.12. The van der Waals surface area contributed by atoms with Gasteiger partial charge in [-0.1, -0.05) is 26.0 Å². The summed E-state index contributed by atoms with van der Waals surface area (Å²) in [7, 11) is 3.05. The lowest BCUT2D eigenvalue weighted by atomic mass is 10.0. The van der Waals surface area contributed by atoms with Crippen molar-refractivity contribution in [1.82, 2.24) is 0 Å². The predicted octanol–water partition coefficient (Wildman–Crippen LogP) is 3.42. The van der Waals surface area contributed by atoms with Gasteiger partial charge in [-0.05, 0) is 35.7 Å². The molecule has 2 rings (SSSR count). The van der Waals surface area contributed by atoms with Crippen LogP contribution in [0.3, 0.4) is 0 Å². The first kappa shape index (κ1) is 21.2. The first-order valence-corrected chi connectivity index (χ1v) is 8.92. The molecule has 0 fully saturated rings. The third kappa shape index (κ3) is 6.28. The van der Waals surface area contributed by atoms with Crippen LogP contribution in [-0.2, 0) is 14.3 Å². The second kappa shape index (κ2) is 10.3. The van der Waals surface area contributed by atoms with Crippen LogP contribution in [0.15, 0.2) is 42.5 Å². The van der Waals surface area contributed by atoms with Crippen LogP contribution < -0.4 is 20.1 Å². The van der Waals surface area contributed by atoms with Gasteiger partial charge in [0.2, 0.25) is 11.8 Å². The number of hydrogen-bond donors (Lipinski definition) is 2. The highest BCUT2D eigenvalue weighted by molar-refractivity contribution is 5.94. The van der Waals surface area contributed by atoms with Gasteiger partial charge in [-0.25, -0.2) is 0 Å². The molecule has 0 aliphatic carbocycles. The summed E-state index contributed by atoms with van der Waals surface area (Å²) in [5.41, 5.74) is 2.37. The average molecular weight is 386 g/mol. The molecule has 0 aliphatic rings. The molecule has 2 aromatic carbocycles. The van der Waals surface area contributed by atoms with E-state index in [-0.39, 0.29) is 19.1 Å². The fourth-order valence-corrected chi connectivity index (χ4v) is 2.47. The van der Waals surface area contributed by atoms with Crippen LogP contribution in [0.4, 0.5) is 11.4 Å². The molecule has 28 heavy (non-hydrogen) atoms. The molecule has 0 radical (unpaired) electrons. The SMILES string of the molecule is COc1ccc(NC(=O)COCC(=O)Nc2ccc(C(C)C)cc2)c(OC)c1.